The summed E-state index contributed by atoms with van der Waals surface area (Å²) in [5.41, 5.74) is 5.93. The van der Waals surface area contributed by atoms with Crippen LogP contribution in [0.3, 0.4) is 0 Å². The second-order valence-electron chi connectivity index (χ2n) is 2.06. The Hall–Kier alpha value is -0.740. The molecule has 0 fully saturated rings. The summed E-state index contributed by atoms with van der Waals surface area (Å²) in [7, 11) is 0. The van der Waals surface area contributed by atoms with Gasteiger partial charge in [0.25, 0.3) is 0 Å². The van der Waals surface area contributed by atoms with Gasteiger partial charge in [-0.2, -0.15) is 0 Å². The van der Waals surface area contributed by atoms with Gasteiger partial charge in [-0.1, -0.05) is 15.9 Å². The summed E-state index contributed by atoms with van der Waals surface area (Å²) in [6, 6.07) is 4.79. The van der Waals surface area contributed by atoms with Crippen molar-refractivity contribution in [3.63, 3.8) is 0 Å². The maximum absolute atomic E-state index is 8.88. The zero-order chi connectivity index (χ0) is 9.56. The van der Waals surface area contributed by atoms with Gasteiger partial charge in [-0.25, -0.2) is 0 Å². The third kappa shape index (κ3) is 4.98. The molecule has 0 unspecified atom stereocenters. The van der Waals surface area contributed by atoms with Crippen molar-refractivity contribution in [1.82, 2.24) is 0 Å². The highest BCUT2D eigenvalue weighted by molar-refractivity contribution is 9.10. The topological polar surface area (TPSA) is 66.5 Å². The summed E-state index contributed by atoms with van der Waals surface area (Å²) in [6.45, 7) is 1.93. The van der Waals surface area contributed by atoms with Crippen molar-refractivity contribution in [2.24, 2.45) is 0 Å². The van der Waals surface area contributed by atoms with Crippen molar-refractivity contribution in [1.29, 1.82) is 0 Å². The van der Waals surface area contributed by atoms with Crippen LogP contribution in [0, 0.1) is 0 Å². The molecule has 3 nitrogen and oxygen atoms in total. The molecule has 0 atom stereocenters. The average molecular weight is 234 g/mol. The number of benzene rings is 1. The van der Waals surface area contributed by atoms with Crippen LogP contribution in [0.25, 0.3) is 0 Å². The highest BCUT2D eigenvalue weighted by atomic mass is 79.9. The predicted molar refractivity (Wildman–Crippen MR) is 53.0 cm³/mol. The number of hydrogen-bond acceptors (Lipinski definition) is 3. The highest BCUT2D eigenvalue weighted by Crippen LogP contribution is 2.20. The molecule has 12 heavy (non-hydrogen) atoms. The Morgan fingerprint density at radius 3 is 2.25 bits per heavy atom. The van der Waals surface area contributed by atoms with Gasteiger partial charge in [-0.05, 0) is 19.1 Å². The molecular weight excluding hydrogens is 222 g/mol. The van der Waals surface area contributed by atoms with Crippen LogP contribution in [0.15, 0.2) is 22.7 Å². The van der Waals surface area contributed by atoms with Crippen LogP contribution >= 0.6 is 15.9 Å². The van der Waals surface area contributed by atoms with Crippen molar-refractivity contribution in [2.45, 2.75) is 6.92 Å². The van der Waals surface area contributed by atoms with Crippen molar-refractivity contribution in [3.05, 3.63) is 22.7 Å². The van der Waals surface area contributed by atoms with E-state index in [1.807, 2.05) is 0 Å². The fourth-order valence-electron chi connectivity index (χ4n) is 0.596. The lowest BCUT2D eigenvalue weighted by Gasteiger charge is -1.94. The number of halogens is 1. The molecule has 4 N–H and O–H groups in total. The van der Waals surface area contributed by atoms with Crippen molar-refractivity contribution in [3.8, 4) is 5.75 Å². The first kappa shape index (κ1) is 11.3. The van der Waals surface area contributed by atoms with E-state index in [9.17, 15) is 0 Å². The standard InChI is InChI=1S/C6H6BrNO.C2H6O/c7-4-1-5(8)3-6(9)2-4;1-2-3/h1-3,9H,8H2;3H,2H2,1H3. The number of rotatable bonds is 0. The Labute approximate surface area is 80.0 Å². The van der Waals surface area contributed by atoms with Gasteiger partial charge >= 0.3 is 0 Å². The second kappa shape index (κ2) is 5.85. The van der Waals surface area contributed by atoms with E-state index in [0.717, 1.165) is 4.47 Å². The number of phenols is 1. The largest absolute Gasteiger partial charge is 0.508 e. The van der Waals surface area contributed by atoms with Gasteiger partial charge in [0, 0.05) is 22.8 Å². The summed E-state index contributed by atoms with van der Waals surface area (Å²) >= 11 is 3.17. The number of anilines is 1. The summed E-state index contributed by atoms with van der Waals surface area (Å²) in [6.07, 6.45) is 0. The molecule has 0 radical (unpaired) electrons. The SMILES string of the molecule is CCO.Nc1cc(O)cc(Br)c1. The van der Waals surface area contributed by atoms with Gasteiger partial charge in [0.1, 0.15) is 5.75 Å². The smallest absolute Gasteiger partial charge is 0.118 e. The monoisotopic (exact) mass is 233 g/mol. The minimum Gasteiger partial charge on any atom is -0.508 e. The minimum absolute atomic E-state index is 0.182. The van der Waals surface area contributed by atoms with E-state index < -0.39 is 0 Å². The summed E-state index contributed by atoms with van der Waals surface area (Å²) in [4.78, 5) is 0. The van der Waals surface area contributed by atoms with E-state index in [1.54, 1.807) is 19.1 Å². The maximum Gasteiger partial charge on any atom is 0.118 e. The Balaban J connectivity index is 0.000000354. The summed E-state index contributed by atoms with van der Waals surface area (Å²) in [5.74, 6) is 0.182. The fourth-order valence-corrected chi connectivity index (χ4v) is 1.10. The first-order chi connectivity index (χ1) is 5.60. The molecule has 4 heteroatoms. The van der Waals surface area contributed by atoms with E-state index >= 15 is 0 Å². The zero-order valence-corrected chi connectivity index (χ0v) is 8.37. The lowest BCUT2D eigenvalue weighted by molar-refractivity contribution is 0.318. The van der Waals surface area contributed by atoms with E-state index in [-0.39, 0.29) is 12.4 Å². The van der Waals surface area contributed by atoms with Crippen molar-refractivity contribution >= 4 is 21.6 Å². The number of hydrogen-bond donors (Lipinski definition) is 3. The molecule has 0 spiro atoms. The molecule has 0 aliphatic carbocycles. The number of nitrogen functional groups attached to an aromatic ring is 1. The second-order valence-corrected chi connectivity index (χ2v) is 2.97. The maximum atomic E-state index is 8.88. The lowest BCUT2D eigenvalue weighted by Crippen LogP contribution is -1.82. The van der Waals surface area contributed by atoms with Crippen LogP contribution in [0.2, 0.25) is 0 Å². The number of aliphatic hydroxyl groups excluding tert-OH is 1. The van der Waals surface area contributed by atoms with Crippen LogP contribution < -0.4 is 5.73 Å². The molecule has 0 aliphatic heterocycles. The van der Waals surface area contributed by atoms with Crippen molar-refractivity contribution in [2.75, 3.05) is 12.3 Å². The number of aromatic hydroxyl groups is 1. The number of nitrogens with two attached hydrogens (primary N) is 1. The van der Waals surface area contributed by atoms with Gasteiger partial charge in [0.05, 0.1) is 0 Å². The van der Waals surface area contributed by atoms with Crippen LogP contribution in [0.5, 0.6) is 5.75 Å². The normalized spacial score (nSPS) is 8.58. The van der Waals surface area contributed by atoms with Crippen LogP contribution in [0.1, 0.15) is 6.92 Å². The third-order valence-electron chi connectivity index (χ3n) is 0.905. The predicted octanol–water partition coefficient (Wildman–Crippen LogP) is 1.74. The first-order valence-corrected chi connectivity index (χ1v) is 4.25. The average Bonchev–Trinajstić information content (AvgIpc) is 1.84. The van der Waals surface area contributed by atoms with Crippen molar-refractivity contribution < 1.29 is 10.2 Å². The zero-order valence-electron chi connectivity index (χ0n) is 6.79. The molecule has 0 aliphatic rings. The van der Waals surface area contributed by atoms with Gasteiger partial charge in [-0.3, -0.25) is 0 Å². The minimum atomic E-state index is 0.182. The Morgan fingerprint density at radius 2 is 1.92 bits per heavy atom. The van der Waals surface area contributed by atoms with Gasteiger partial charge in [0.15, 0.2) is 0 Å². The van der Waals surface area contributed by atoms with Crippen LogP contribution in [0.4, 0.5) is 5.69 Å². The molecule has 0 saturated carbocycles. The lowest BCUT2D eigenvalue weighted by atomic mass is 10.3. The van der Waals surface area contributed by atoms with Crippen LogP contribution in [-0.4, -0.2) is 16.8 Å². The molecule has 0 amide bonds. The van der Waals surface area contributed by atoms with Gasteiger partial charge in [0.2, 0.25) is 0 Å². The molecule has 1 aromatic carbocycles. The first-order valence-electron chi connectivity index (χ1n) is 3.46. The Morgan fingerprint density at radius 1 is 1.42 bits per heavy atom. The third-order valence-corrected chi connectivity index (χ3v) is 1.36. The molecule has 0 heterocycles. The molecule has 68 valence electrons. The Kier molecular flexibility index (Phi) is 5.49. The van der Waals surface area contributed by atoms with E-state index in [0.29, 0.717) is 5.69 Å². The molecule has 1 rings (SSSR count). The Bertz CT molecular complexity index is 190. The fraction of sp³-hybridized carbons (Fsp3) is 0.250. The molecule has 0 bridgehead atoms. The molecule has 1 aromatic rings. The molecule has 0 aromatic heterocycles. The van der Waals surface area contributed by atoms with E-state index in [4.69, 9.17) is 15.9 Å². The number of phenolic OH excluding ortho intramolecular Hbond substituents is 1. The quantitative estimate of drug-likeness (QED) is 0.599. The van der Waals surface area contributed by atoms with Gasteiger partial charge in [-0.15, -0.1) is 0 Å². The molecule has 0 saturated heterocycles. The van der Waals surface area contributed by atoms with E-state index in [1.165, 1.54) is 6.07 Å². The van der Waals surface area contributed by atoms with Gasteiger partial charge < -0.3 is 15.9 Å². The number of aliphatic hydroxyl groups is 1. The molecular formula is C8H12BrNO2. The highest BCUT2D eigenvalue weighted by Gasteiger charge is 1.91. The van der Waals surface area contributed by atoms with E-state index in [2.05, 4.69) is 15.9 Å². The van der Waals surface area contributed by atoms with Crippen LogP contribution in [-0.2, 0) is 0 Å². The summed E-state index contributed by atoms with van der Waals surface area (Å²) < 4.78 is 0.792. The summed E-state index contributed by atoms with van der Waals surface area (Å²) in [5, 5.41) is 16.5.